The first-order valence-electron chi connectivity index (χ1n) is 13.1. The predicted molar refractivity (Wildman–Crippen MR) is 145 cm³/mol. The van der Waals surface area contributed by atoms with Gasteiger partial charge >= 0.3 is 5.92 Å². The van der Waals surface area contributed by atoms with Crippen LogP contribution in [0.4, 0.5) is 19.0 Å². The van der Waals surface area contributed by atoms with Crippen molar-refractivity contribution in [3.05, 3.63) is 53.1 Å². The molecule has 1 heterocycles. The van der Waals surface area contributed by atoms with E-state index in [1.165, 1.54) is 19.2 Å². The number of aliphatic hydroxyl groups is 1. The van der Waals surface area contributed by atoms with Gasteiger partial charge in [-0.15, -0.1) is 0 Å². The summed E-state index contributed by atoms with van der Waals surface area (Å²) < 4.78 is 56.5. The number of carbonyl (C=O) groups is 1. The number of ether oxygens (including phenoxy) is 2. The summed E-state index contributed by atoms with van der Waals surface area (Å²) in [4.78, 5) is 22.8. The Kier molecular flexibility index (Phi) is 8.16. The molecular formula is C29H35F3N4O4. The molecule has 216 valence electrons. The second kappa shape index (κ2) is 11.1. The lowest BCUT2D eigenvalue weighted by Gasteiger charge is -2.30. The van der Waals surface area contributed by atoms with Gasteiger partial charge in [-0.1, -0.05) is 12.1 Å². The first-order chi connectivity index (χ1) is 18.7. The molecular weight excluding hydrogens is 525 g/mol. The quantitative estimate of drug-likeness (QED) is 0.326. The summed E-state index contributed by atoms with van der Waals surface area (Å²) in [6.45, 7) is 5.83. The zero-order valence-electron chi connectivity index (χ0n) is 23.5. The van der Waals surface area contributed by atoms with Crippen LogP contribution >= 0.6 is 0 Å². The molecule has 0 radical (unpaired) electrons. The summed E-state index contributed by atoms with van der Waals surface area (Å²) in [5.74, 6) is -3.08. The Morgan fingerprint density at radius 3 is 2.55 bits per heavy atom. The summed E-state index contributed by atoms with van der Waals surface area (Å²) >= 11 is 0. The van der Waals surface area contributed by atoms with Crippen LogP contribution in [0.2, 0.25) is 0 Å². The average molecular weight is 561 g/mol. The van der Waals surface area contributed by atoms with Gasteiger partial charge in [0, 0.05) is 30.0 Å². The zero-order valence-corrected chi connectivity index (χ0v) is 23.5. The van der Waals surface area contributed by atoms with Crippen molar-refractivity contribution in [3.8, 4) is 11.5 Å². The highest BCUT2D eigenvalue weighted by Gasteiger charge is 2.49. The number of aryl methyl sites for hydroxylation is 1. The fourth-order valence-electron chi connectivity index (χ4n) is 4.42. The maximum Gasteiger partial charge on any atom is 0.303 e. The molecule has 1 aliphatic rings. The largest absolute Gasteiger partial charge is 0.493 e. The van der Waals surface area contributed by atoms with Gasteiger partial charge in [0.1, 0.15) is 29.7 Å². The summed E-state index contributed by atoms with van der Waals surface area (Å²) in [7, 11) is 3.25. The van der Waals surface area contributed by atoms with E-state index in [4.69, 9.17) is 9.47 Å². The Labute approximate surface area is 231 Å². The van der Waals surface area contributed by atoms with Gasteiger partial charge in [0.2, 0.25) is 5.91 Å². The molecule has 40 heavy (non-hydrogen) atoms. The number of halogens is 3. The number of fused-ring (bicyclic) bond motifs is 1. The lowest BCUT2D eigenvalue weighted by atomic mass is 9.91. The maximum atomic E-state index is 15.4. The van der Waals surface area contributed by atoms with Crippen LogP contribution in [0.25, 0.3) is 10.9 Å². The number of likely N-dealkylation sites (N-methyl/N-ethyl adjacent to an activating group) is 1. The molecule has 0 aliphatic heterocycles. The van der Waals surface area contributed by atoms with Crippen LogP contribution in [0.1, 0.15) is 56.6 Å². The Bertz CT molecular complexity index is 1410. The number of anilines is 1. The van der Waals surface area contributed by atoms with Gasteiger partial charge in [-0.2, -0.15) is 8.78 Å². The van der Waals surface area contributed by atoms with Gasteiger partial charge in [0.25, 0.3) is 0 Å². The standard InChI is InChI=1S/C29H35F3N4O4/c1-16(19-8-7-9-21(25(19)30)29(31,32)28(3,4)38)33-26-20-14-24(23(39-6)15-22(20)34-17(2)35-26)40-13-12-36(5)27(37)18-10-11-18/h7-9,14-16,18,38H,10-13H2,1-6H3,(H,33,34,35)/t16-/m1/s1. The molecule has 2 N–H and O–H groups in total. The van der Waals surface area contributed by atoms with E-state index in [9.17, 15) is 18.7 Å². The van der Waals surface area contributed by atoms with E-state index in [1.807, 2.05) is 0 Å². The molecule has 0 spiro atoms. The van der Waals surface area contributed by atoms with Gasteiger partial charge in [-0.3, -0.25) is 4.79 Å². The van der Waals surface area contributed by atoms with Crippen molar-refractivity contribution in [2.24, 2.45) is 5.92 Å². The third-order valence-corrected chi connectivity index (χ3v) is 7.03. The summed E-state index contributed by atoms with van der Waals surface area (Å²) in [5.41, 5.74) is -2.83. The Balaban J connectivity index is 1.62. The second-order valence-electron chi connectivity index (χ2n) is 10.7. The van der Waals surface area contributed by atoms with Crippen LogP contribution in [0.15, 0.2) is 30.3 Å². The Morgan fingerprint density at radius 1 is 1.23 bits per heavy atom. The van der Waals surface area contributed by atoms with E-state index in [0.717, 1.165) is 32.8 Å². The highest BCUT2D eigenvalue weighted by Crippen LogP contribution is 2.42. The average Bonchev–Trinajstić information content (AvgIpc) is 3.72. The third-order valence-electron chi connectivity index (χ3n) is 7.03. The molecule has 0 bridgehead atoms. The number of aromatic nitrogens is 2. The van der Waals surface area contributed by atoms with E-state index in [2.05, 4.69) is 15.3 Å². The minimum absolute atomic E-state index is 0.0146. The van der Waals surface area contributed by atoms with E-state index < -0.39 is 28.9 Å². The van der Waals surface area contributed by atoms with Crippen LogP contribution in [-0.2, 0) is 10.7 Å². The van der Waals surface area contributed by atoms with E-state index >= 15 is 4.39 Å². The van der Waals surface area contributed by atoms with Crippen LogP contribution < -0.4 is 14.8 Å². The van der Waals surface area contributed by atoms with Crippen LogP contribution in [0.3, 0.4) is 0 Å². The molecule has 11 heteroatoms. The Hall–Kier alpha value is -3.60. The van der Waals surface area contributed by atoms with E-state index in [-0.39, 0.29) is 24.0 Å². The number of amides is 1. The molecule has 1 aromatic heterocycles. The first kappa shape index (κ1) is 29.4. The number of rotatable bonds is 11. The van der Waals surface area contributed by atoms with Crippen molar-refractivity contribution >= 4 is 22.6 Å². The van der Waals surface area contributed by atoms with Gasteiger partial charge in [-0.25, -0.2) is 14.4 Å². The fraction of sp³-hybridized carbons (Fsp3) is 0.483. The normalized spacial score (nSPS) is 14.7. The fourth-order valence-corrected chi connectivity index (χ4v) is 4.42. The maximum absolute atomic E-state index is 15.4. The highest BCUT2D eigenvalue weighted by atomic mass is 19.3. The number of methoxy groups -OCH3 is 1. The van der Waals surface area contributed by atoms with Crippen molar-refractivity contribution in [2.45, 2.75) is 58.1 Å². The molecule has 8 nitrogen and oxygen atoms in total. The monoisotopic (exact) mass is 560 g/mol. The van der Waals surface area contributed by atoms with Crippen molar-refractivity contribution < 1.29 is 32.5 Å². The highest BCUT2D eigenvalue weighted by molar-refractivity contribution is 5.92. The molecule has 1 atom stereocenters. The summed E-state index contributed by atoms with van der Waals surface area (Å²) in [6, 6.07) is 6.32. The minimum atomic E-state index is -3.81. The molecule has 1 aliphatic carbocycles. The van der Waals surface area contributed by atoms with Gasteiger partial charge in [0.05, 0.1) is 30.8 Å². The topological polar surface area (TPSA) is 96.8 Å². The number of carbonyl (C=O) groups excluding carboxylic acids is 1. The van der Waals surface area contributed by atoms with Gasteiger partial charge in [0.15, 0.2) is 11.5 Å². The SMILES string of the molecule is COc1cc2nc(C)nc(N[C@H](C)c3cccc(C(F)(F)C(C)(C)O)c3F)c2cc1OCCN(C)C(=O)C1CC1. The summed E-state index contributed by atoms with van der Waals surface area (Å²) in [5, 5.41) is 13.6. The number of benzene rings is 2. The molecule has 0 unspecified atom stereocenters. The van der Waals surface area contributed by atoms with Gasteiger partial charge < -0.3 is 24.8 Å². The number of nitrogens with zero attached hydrogens (tertiary/aromatic N) is 3. The van der Waals surface area contributed by atoms with Gasteiger partial charge in [-0.05, 0) is 52.7 Å². The van der Waals surface area contributed by atoms with Crippen molar-refractivity contribution in [1.82, 2.24) is 14.9 Å². The van der Waals surface area contributed by atoms with Crippen LogP contribution in [0.5, 0.6) is 11.5 Å². The van der Waals surface area contributed by atoms with Crippen LogP contribution in [0, 0.1) is 18.7 Å². The lowest BCUT2D eigenvalue weighted by molar-refractivity contribution is -0.170. The smallest absolute Gasteiger partial charge is 0.303 e. The number of hydrogen-bond donors (Lipinski definition) is 2. The molecule has 1 amide bonds. The second-order valence-corrected chi connectivity index (χ2v) is 10.7. The third kappa shape index (κ3) is 5.94. The van der Waals surface area contributed by atoms with E-state index in [1.54, 1.807) is 37.9 Å². The van der Waals surface area contributed by atoms with E-state index in [0.29, 0.717) is 40.6 Å². The number of alkyl halides is 2. The molecule has 2 aromatic carbocycles. The number of nitrogens with one attached hydrogen (secondary N) is 1. The van der Waals surface area contributed by atoms with Crippen LogP contribution in [-0.4, -0.2) is 58.8 Å². The predicted octanol–water partition coefficient (Wildman–Crippen LogP) is 5.37. The van der Waals surface area contributed by atoms with Crippen molar-refractivity contribution in [3.63, 3.8) is 0 Å². The molecule has 3 aromatic rings. The minimum Gasteiger partial charge on any atom is -0.493 e. The Morgan fingerprint density at radius 2 is 1.93 bits per heavy atom. The first-order valence-corrected chi connectivity index (χ1v) is 13.1. The molecule has 1 saturated carbocycles. The van der Waals surface area contributed by atoms with Crippen molar-refractivity contribution in [1.29, 1.82) is 0 Å². The lowest BCUT2D eigenvalue weighted by Crippen LogP contribution is -2.41. The zero-order chi connectivity index (χ0) is 29.4. The molecule has 0 saturated heterocycles. The van der Waals surface area contributed by atoms with Crippen molar-refractivity contribution in [2.75, 3.05) is 32.6 Å². The number of hydrogen-bond acceptors (Lipinski definition) is 7. The molecule has 4 rings (SSSR count). The molecule has 1 fully saturated rings. The summed E-state index contributed by atoms with van der Waals surface area (Å²) in [6.07, 6.45) is 1.85.